The summed E-state index contributed by atoms with van der Waals surface area (Å²) in [5.41, 5.74) is 12.1. The zero-order valence-corrected chi connectivity index (χ0v) is 11.2. The number of nitrogens with two attached hydrogens (primary N) is 2. The number of primary amides is 1. The number of rotatable bonds is 4. The molecule has 1 heterocycles. The number of nitrogens with zero attached hydrogens (tertiary/aromatic N) is 1. The average Bonchev–Trinajstić information content (AvgIpc) is 2.39. The molecule has 0 atom stereocenters. The summed E-state index contributed by atoms with van der Waals surface area (Å²) in [5, 5.41) is 9.08. The van der Waals surface area contributed by atoms with E-state index in [0.29, 0.717) is 12.3 Å². The van der Waals surface area contributed by atoms with Gasteiger partial charge in [-0.05, 0) is 37.0 Å². The van der Waals surface area contributed by atoms with Gasteiger partial charge in [-0.15, -0.1) is 0 Å². The quantitative estimate of drug-likeness (QED) is 0.713. The summed E-state index contributed by atoms with van der Waals surface area (Å²) in [6, 6.07) is 5.05. The van der Waals surface area contributed by atoms with E-state index in [9.17, 15) is 9.59 Å². The molecule has 1 amide bonds. The summed E-state index contributed by atoms with van der Waals surface area (Å²) in [6.07, 6.45) is 2.20. The first kappa shape index (κ1) is 14.2. The summed E-state index contributed by atoms with van der Waals surface area (Å²) in [4.78, 5) is 24.1. The van der Waals surface area contributed by atoms with Gasteiger partial charge in [0.15, 0.2) is 0 Å². The summed E-state index contributed by atoms with van der Waals surface area (Å²) in [5.74, 6) is -0.950. The zero-order valence-electron chi connectivity index (χ0n) is 11.2. The molecule has 1 fully saturated rings. The van der Waals surface area contributed by atoms with Crippen LogP contribution in [0.15, 0.2) is 18.2 Å². The molecular formula is C14H19N3O3. The molecule has 20 heavy (non-hydrogen) atoms. The number of benzene rings is 1. The Kier molecular flexibility index (Phi) is 4.12. The van der Waals surface area contributed by atoms with Gasteiger partial charge in [0.2, 0.25) is 5.91 Å². The van der Waals surface area contributed by atoms with E-state index in [1.807, 2.05) is 6.07 Å². The summed E-state index contributed by atoms with van der Waals surface area (Å²) >= 11 is 0. The second-order valence-electron chi connectivity index (χ2n) is 5.18. The Morgan fingerprint density at radius 2 is 1.95 bits per heavy atom. The Bertz CT molecular complexity index is 522. The van der Waals surface area contributed by atoms with Gasteiger partial charge < -0.3 is 21.5 Å². The molecule has 1 aliphatic rings. The average molecular weight is 277 g/mol. The molecule has 0 bridgehead atoms. The van der Waals surface area contributed by atoms with E-state index in [4.69, 9.17) is 16.6 Å². The number of anilines is 2. The number of hydrogen-bond donors (Lipinski definition) is 3. The van der Waals surface area contributed by atoms with Gasteiger partial charge in [0.25, 0.3) is 0 Å². The van der Waals surface area contributed by atoms with Crippen molar-refractivity contribution in [2.45, 2.75) is 19.3 Å². The third-order valence-corrected chi connectivity index (χ3v) is 3.74. The maximum atomic E-state index is 11.1. The van der Waals surface area contributed by atoms with Crippen LogP contribution in [0.3, 0.4) is 0 Å². The second kappa shape index (κ2) is 5.81. The van der Waals surface area contributed by atoms with Crippen molar-refractivity contribution >= 4 is 23.3 Å². The third-order valence-electron chi connectivity index (χ3n) is 3.74. The summed E-state index contributed by atoms with van der Waals surface area (Å²) in [6.45, 7) is 1.59. The van der Waals surface area contributed by atoms with Crippen molar-refractivity contribution in [1.82, 2.24) is 0 Å². The number of carbonyl (C=O) groups is 2. The lowest BCUT2D eigenvalue weighted by Gasteiger charge is -2.33. The van der Waals surface area contributed by atoms with Crippen LogP contribution < -0.4 is 16.4 Å². The molecule has 2 rings (SSSR count). The maximum Gasteiger partial charge on any atom is 0.337 e. The smallest absolute Gasteiger partial charge is 0.337 e. The Morgan fingerprint density at radius 3 is 2.50 bits per heavy atom. The number of piperidine rings is 1. The van der Waals surface area contributed by atoms with Crippen molar-refractivity contribution in [2.75, 3.05) is 23.7 Å². The molecule has 1 saturated heterocycles. The molecule has 1 aliphatic heterocycles. The first-order chi connectivity index (χ1) is 9.47. The molecule has 0 aromatic heterocycles. The largest absolute Gasteiger partial charge is 0.478 e. The van der Waals surface area contributed by atoms with E-state index >= 15 is 0 Å². The molecule has 0 aliphatic carbocycles. The van der Waals surface area contributed by atoms with Gasteiger partial charge in [0.05, 0.1) is 5.56 Å². The molecule has 1 aromatic carbocycles. The monoisotopic (exact) mass is 277 g/mol. The minimum Gasteiger partial charge on any atom is -0.478 e. The molecule has 0 spiro atoms. The van der Waals surface area contributed by atoms with Crippen LogP contribution in [0.5, 0.6) is 0 Å². The fourth-order valence-electron chi connectivity index (χ4n) is 2.61. The van der Waals surface area contributed by atoms with E-state index in [1.54, 1.807) is 12.1 Å². The van der Waals surface area contributed by atoms with Gasteiger partial charge in [0.1, 0.15) is 0 Å². The standard InChI is InChI=1S/C14H19N3O3/c15-12-2-1-10(8-11(12)14(19)20)17-5-3-9(4-6-17)7-13(16)18/h1-2,8-9H,3-7,15H2,(H2,16,18)(H,19,20). The highest BCUT2D eigenvalue weighted by molar-refractivity contribution is 5.94. The van der Waals surface area contributed by atoms with Gasteiger partial charge in [-0.2, -0.15) is 0 Å². The lowest BCUT2D eigenvalue weighted by atomic mass is 9.93. The fourth-order valence-corrected chi connectivity index (χ4v) is 2.61. The molecule has 1 aromatic rings. The molecule has 6 heteroatoms. The van der Waals surface area contributed by atoms with Gasteiger partial charge in [-0.3, -0.25) is 4.79 Å². The Morgan fingerprint density at radius 1 is 1.30 bits per heavy atom. The van der Waals surface area contributed by atoms with Gasteiger partial charge >= 0.3 is 5.97 Å². The van der Waals surface area contributed by atoms with E-state index in [0.717, 1.165) is 31.6 Å². The predicted molar refractivity (Wildman–Crippen MR) is 76.6 cm³/mol. The van der Waals surface area contributed by atoms with Crippen molar-refractivity contribution in [3.8, 4) is 0 Å². The number of aromatic carboxylic acids is 1. The minimum absolute atomic E-state index is 0.127. The van der Waals surface area contributed by atoms with Gasteiger partial charge in [-0.1, -0.05) is 0 Å². The molecule has 5 N–H and O–H groups in total. The molecule has 0 unspecified atom stereocenters. The second-order valence-corrected chi connectivity index (χ2v) is 5.18. The van der Waals surface area contributed by atoms with Crippen LogP contribution in [0.4, 0.5) is 11.4 Å². The van der Waals surface area contributed by atoms with E-state index in [1.165, 1.54) is 0 Å². The number of carboxylic acid groups (broad SMARTS) is 1. The highest BCUT2D eigenvalue weighted by Gasteiger charge is 2.21. The molecule has 0 radical (unpaired) electrons. The highest BCUT2D eigenvalue weighted by atomic mass is 16.4. The van der Waals surface area contributed by atoms with Crippen LogP contribution in [0.1, 0.15) is 29.6 Å². The van der Waals surface area contributed by atoms with Crippen molar-refractivity contribution in [2.24, 2.45) is 11.7 Å². The first-order valence-electron chi connectivity index (χ1n) is 6.63. The highest BCUT2D eigenvalue weighted by Crippen LogP contribution is 2.27. The normalized spacial score (nSPS) is 16.1. The third kappa shape index (κ3) is 3.20. The molecule has 108 valence electrons. The van der Waals surface area contributed by atoms with Crippen molar-refractivity contribution in [3.63, 3.8) is 0 Å². The van der Waals surface area contributed by atoms with Gasteiger partial charge in [-0.25, -0.2) is 4.79 Å². The van der Waals surface area contributed by atoms with Crippen molar-refractivity contribution < 1.29 is 14.7 Å². The lowest BCUT2D eigenvalue weighted by Crippen LogP contribution is -2.35. The SMILES string of the molecule is NC(=O)CC1CCN(c2ccc(N)c(C(=O)O)c2)CC1. The first-order valence-corrected chi connectivity index (χ1v) is 6.63. The minimum atomic E-state index is -1.02. The van der Waals surface area contributed by atoms with Gasteiger partial charge in [0, 0.05) is 30.9 Å². The molecule has 0 saturated carbocycles. The lowest BCUT2D eigenvalue weighted by molar-refractivity contribution is -0.119. The van der Waals surface area contributed by atoms with E-state index < -0.39 is 5.97 Å². The van der Waals surface area contributed by atoms with Crippen molar-refractivity contribution in [3.05, 3.63) is 23.8 Å². The number of carbonyl (C=O) groups excluding carboxylic acids is 1. The van der Waals surface area contributed by atoms with Crippen LogP contribution in [-0.2, 0) is 4.79 Å². The number of hydrogen-bond acceptors (Lipinski definition) is 4. The summed E-state index contributed by atoms with van der Waals surface area (Å²) < 4.78 is 0. The summed E-state index contributed by atoms with van der Waals surface area (Å²) in [7, 11) is 0. The topological polar surface area (TPSA) is 110 Å². The number of carboxylic acids is 1. The van der Waals surface area contributed by atoms with Crippen LogP contribution in [0.25, 0.3) is 0 Å². The molecular weight excluding hydrogens is 258 g/mol. The number of amides is 1. The number of nitrogen functional groups attached to an aromatic ring is 1. The Hall–Kier alpha value is -2.24. The Labute approximate surface area is 117 Å². The zero-order chi connectivity index (χ0) is 14.7. The van der Waals surface area contributed by atoms with Crippen LogP contribution >= 0.6 is 0 Å². The van der Waals surface area contributed by atoms with Crippen LogP contribution in [-0.4, -0.2) is 30.1 Å². The fraction of sp³-hybridized carbons (Fsp3) is 0.429. The van der Waals surface area contributed by atoms with E-state index in [-0.39, 0.29) is 17.2 Å². The van der Waals surface area contributed by atoms with E-state index in [2.05, 4.69) is 4.90 Å². The maximum absolute atomic E-state index is 11.1. The van der Waals surface area contributed by atoms with Crippen LogP contribution in [0, 0.1) is 5.92 Å². The van der Waals surface area contributed by atoms with Crippen molar-refractivity contribution in [1.29, 1.82) is 0 Å². The Balaban J connectivity index is 2.05. The van der Waals surface area contributed by atoms with Crippen LogP contribution in [0.2, 0.25) is 0 Å². The molecule has 6 nitrogen and oxygen atoms in total. The predicted octanol–water partition coefficient (Wildman–Crippen LogP) is 1.06.